The Morgan fingerprint density at radius 1 is 1.42 bits per heavy atom. The van der Waals surface area contributed by atoms with Gasteiger partial charge >= 0.3 is 5.97 Å². The smallest absolute Gasteiger partial charge is 0.302 e. The molecule has 0 aliphatic heterocycles. The number of rotatable bonds is 2. The third-order valence-corrected chi connectivity index (χ3v) is 2.30. The number of ether oxygens (including phenoxy) is 1. The van der Waals surface area contributed by atoms with Crippen molar-refractivity contribution in [2.45, 2.75) is 20.8 Å². The quantitative estimate of drug-likeness (QED) is 0.513. The maximum absolute atomic E-state index is 10.4. The highest BCUT2D eigenvalue weighted by atomic mass is 16.6. The van der Waals surface area contributed by atoms with Gasteiger partial charge in [0.2, 0.25) is 0 Å². The van der Waals surface area contributed by atoms with E-state index in [1.807, 2.05) is 13.0 Å². The van der Waals surface area contributed by atoms with Gasteiger partial charge < -0.3 is 9.72 Å². The summed E-state index contributed by atoms with van der Waals surface area (Å²) < 4.78 is 4.40. The molecule has 1 aromatic heterocycles. The van der Waals surface area contributed by atoms with Gasteiger partial charge in [0.05, 0.1) is 11.5 Å². The summed E-state index contributed by atoms with van der Waals surface area (Å²) in [4.78, 5) is 23.0. The minimum atomic E-state index is -0.387. The summed E-state index contributed by atoms with van der Waals surface area (Å²) in [5.74, 6) is -0.211. The standard InChI is InChI=1S/C9H8N2O2.C4H8O2/c1-6-4-7-5-8(11(12)13)2-3-9(7)10-6;1-3-6-4(2)5/h2-5,10H,1H3;3H2,1-2H3. The molecule has 2 rings (SSSR count). The van der Waals surface area contributed by atoms with E-state index in [9.17, 15) is 14.9 Å². The Morgan fingerprint density at radius 2 is 2.11 bits per heavy atom. The number of carbonyl (C=O) groups is 1. The molecule has 19 heavy (non-hydrogen) atoms. The van der Waals surface area contributed by atoms with Crippen molar-refractivity contribution in [3.05, 3.63) is 40.1 Å². The molecular formula is C13H16N2O4. The first-order chi connectivity index (χ1) is 8.93. The maximum atomic E-state index is 10.4. The molecule has 0 saturated heterocycles. The van der Waals surface area contributed by atoms with Crippen LogP contribution in [0, 0.1) is 17.0 Å². The number of aromatic amines is 1. The molecule has 1 N–H and O–H groups in total. The molecule has 0 amide bonds. The molecule has 0 unspecified atom stereocenters. The average molecular weight is 264 g/mol. The minimum absolute atomic E-state index is 0.131. The van der Waals surface area contributed by atoms with Gasteiger partial charge in [-0.3, -0.25) is 14.9 Å². The summed E-state index contributed by atoms with van der Waals surface area (Å²) in [5.41, 5.74) is 2.07. The summed E-state index contributed by atoms with van der Waals surface area (Å²) >= 11 is 0. The van der Waals surface area contributed by atoms with E-state index in [-0.39, 0.29) is 16.6 Å². The van der Waals surface area contributed by atoms with Gasteiger partial charge in [-0.05, 0) is 26.0 Å². The van der Waals surface area contributed by atoms with Crippen molar-refractivity contribution in [3.8, 4) is 0 Å². The van der Waals surface area contributed by atoms with Gasteiger partial charge in [0, 0.05) is 35.7 Å². The number of nitro groups is 1. The number of non-ortho nitro benzene ring substituents is 1. The first-order valence-electron chi connectivity index (χ1n) is 5.81. The first kappa shape index (κ1) is 14.7. The number of nitro benzene ring substituents is 1. The number of carbonyl (C=O) groups excluding carboxylic acids is 1. The van der Waals surface area contributed by atoms with Crippen LogP contribution in [0.1, 0.15) is 19.5 Å². The predicted octanol–water partition coefficient (Wildman–Crippen LogP) is 2.95. The Kier molecular flexibility index (Phi) is 5.05. The number of fused-ring (bicyclic) bond motifs is 1. The van der Waals surface area contributed by atoms with Gasteiger partial charge in [-0.1, -0.05) is 0 Å². The molecule has 102 valence electrons. The largest absolute Gasteiger partial charge is 0.466 e. The molecule has 0 aliphatic rings. The topological polar surface area (TPSA) is 85.2 Å². The van der Waals surface area contributed by atoms with E-state index in [1.165, 1.54) is 13.0 Å². The number of esters is 1. The van der Waals surface area contributed by atoms with E-state index >= 15 is 0 Å². The zero-order valence-corrected chi connectivity index (χ0v) is 11.1. The third-order valence-electron chi connectivity index (χ3n) is 2.30. The molecule has 1 heterocycles. The molecule has 0 saturated carbocycles. The molecule has 0 bridgehead atoms. The predicted molar refractivity (Wildman–Crippen MR) is 72.0 cm³/mol. The lowest BCUT2D eigenvalue weighted by atomic mass is 10.2. The lowest BCUT2D eigenvalue weighted by Crippen LogP contribution is -1.95. The number of hydrogen-bond donors (Lipinski definition) is 1. The van der Waals surface area contributed by atoms with Crippen LogP contribution in [0.5, 0.6) is 0 Å². The van der Waals surface area contributed by atoms with Gasteiger partial charge in [0.15, 0.2) is 0 Å². The van der Waals surface area contributed by atoms with Gasteiger partial charge in [-0.2, -0.15) is 0 Å². The van der Waals surface area contributed by atoms with Crippen molar-refractivity contribution in [2.75, 3.05) is 6.61 Å². The molecule has 2 aromatic rings. The molecular weight excluding hydrogens is 248 g/mol. The van der Waals surface area contributed by atoms with Crippen molar-refractivity contribution in [1.82, 2.24) is 4.98 Å². The lowest BCUT2D eigenvalue weighted by Gasteiger charge is -1.90. The fourth-order valence-electron chi connectivity index (χ4n) is 1.58. The van der Waals surface area contributed by atoms with Crippen LogP contribution in [0.25, 0.3) is 10.9 Å². The Balaban J connectivity index is 0.000000258. The van der Waals surface area contributed by atoms with E-state index in [1.54, 1.807) is 19.1 Å². The molecule has 0 fully saturated rings. The fraction of sp³-hybridized carbons (Fsp3) is 0.308. The SMILES string of the molecule is CCOC(C)=O.Cc1cc2cc([N+](=O)[O-])ccc2[nH]1. The van der Waals surface area contributed by atoms with Crippen molar-refractivity contribution < 1.29 is 14.5 Å². The number of hydrogen-bond acceptors (Lipinski definition) is 4. The third kappa shape index (κ3) is 4.42. The highest BCUT2D eigenvalue weighted by Gasteiger charge is 2.06. The molecule has 0 spiro atoms. The summed E-state index contributed by atoms with van der Waals surface area (Å²) in [7, 11) is 0. The van der Waals surface area contributed by atoms with Gasteiger partial charge in [0.1, 0.15) is 0 Å². The zero-order chi connectivity index (χ0) is 14.4. The fourth-order valence-corrected chi connectivity index (χ4v) is 1.58. The highest BCUT2D eigenvalue weighted by molar-refractivity contribution is 5.82. The monoisotopic (exact) mass is 264 g/mol. The van der Waals surface area contributed by atoms with Gasteiger partial charge in [-0.25, -0.2) is 0 Å². The number of aromatic nitrogens is 1. The Bertz CT molecular complexity index is 589. The number of aryl methyl sites for hydroxylation is 1. The molecule has 0 radical (unpaired) electrons. The lowest BCUT2D eigenvalue weighted by molar-refractivity contribution is -0.384. The summed E-state index contributed by atoms with van der Waals surface area (Å²) in [6.07, 6.45) is 0. The normalized spacial score (nSPS) is 9.63. The molecule has 0 aliphatic carbocycles. The van der Waals surface area contributed by atoms with E-state index in [0.717, 1.165) is 16.6 Å². The van der Waals surface area contributed by atoms with Crippen molar-refractivity contribution in [2.24, 2.45) is 0 Å². The Labute approximate surface area is 110 Å². The summed E-state index contributed by atoms with van der Waals surface area (Å²) in [5, 5.41) is 11.3. The van der Waals surface area contributed by atoms with Crippen molar-refractivity contribution in [3.63, 3.8) is 0 Å². The Hall–Kier alpha value is -2.37. The van der Waals surface area contributed by atoms with Crippen molar-refractivity contribution >= 4 is 22.6 Å². The van der Waals surface area contributed by atoms with Crippen LogP contribution in [0.4, 0.5) is 5.69 Å². The maximum Gasteiger partial charge on any atom is 0.302 e. The molecule has 6 heteroatoms. The van der Waals surface area contributed by atoms with E-state index in [4.69, 9.17) is 0 Å². The van der Waals surface area contributed by atoms with Crippen LogP contribution < -0.4 is 0 Å². The van der Waals surface area contributed by atoms with Gasteiger partial charge in [0.25, 0.3) is 5.69 Å². The van der Waals surface area contributed by atoms with Crippen LogP contribution in [0.3, 0.4) is 0 Å². The number of benzene rings is 1. The molecule has 6 nitrogen and oxygen atoms in total. The zero-order valence-electron chi connectivity index (χ0n) is 11.1. The average Bonchev–Trinajstić information content (AvgIpc) is 2.68. The van der Waals surface area contributed by atoms with E-state index in [0.29, 0.717) is 6.61 Å². The van der Waals surface area contributed by atoms with Crippen LogP contribution in [-0.4, -0.2) is 22.5 Å². The highest BCUT2D eigenvalue weighted by Crippen LogP contribution is 2.20. The summed E-state index contributed by atoms with van der Waals surface area (Å²) in [6, 6.07) is 6.68. The van der Waals surface area contributed by atoms with Crippen LogP contribution >= 0.6 is 0 Å². The summed E-state index contributed by atoms with van der Waals surface area (Å²) in [6.45, 7) is 5.58. The van der Waals surface area contributed by atoms with Crippen LogP contribution in [0.15, 0.2) is 24.3 Å². The second-order valence-corrected chi connectivity index (χ2v) is 3.91. The van der Waals surface area contributed by atoms with Crippen molar-refractivity contribution in [1.29, 1.82) is 0 Å². The number of nitrogens with one attached hydrogen (secondary N) is 1. The minimum Gasteiger partial charge on any atom is -0.466 e. The first-order valence-corrected chi connectivity index (χ1v) is 5.81. The van der Waals surface area contributed by atoms with Crippen LogP contribution in [-0.2, 0) is 9.53 Å². The second kappa shape index (κ2) is 6.53. The van der Waals surface area contributed by atoms with Gasteiger partial charge in [-0.15, -0.1) is 0 Å². The molecule has 1 aromatic carbocycles. The number of nitrogens with zero attached hydrogens (tertiary/aromatic N) is 1. The number of H-pyrrole nitrogens is 1. The second-order valence-electron chi connectivity index (χ2n) is 3.91. The molecule has 0 atom stereocenters. The van der Waals surface area contributed by atoms with Crippen LogP contribution in [0.2, 0.25) is 0 Å². The van der Waals surface area contributed by atoms with E-state index < -0.39 is 0 Å². The van der Waals surface area contributed by atoms with E-state index in [2.05, 4.69) is 9.72 Å². The Morgan fingerprint density at radius 3 is 2.58 bits per heavy atom.